The second-order valence-corrected chi connectivity index (χ2v) is 5.71. The number of nitrogens with two attached hydrogens (primary N) is 1. The van der Waals surface area contributed by atoms with Gasteiger partial charge < -0.3 is 15.4 Å². The molecule has 1 aliphatic rings. The first-order valence-corrected chi connectivity index (χ1v) is 7.93. The molecule has 1 aromatic rings. The fourth-order valence-electron chi connectivity index (χ4n) is 2.74. The monoisotopic (exact) mass is 290 g/mol. The van der Waals surface area contributed by atoms with Crippen LogP contribution < -0.4 is 5.73 Å². The van der Waals surface area contributed by atoms with E-state index in [9.17, 15) is 4.79 Å². The number of nitrogen functional groups attached to an aromatic ring is 1. The first kappa shape index (κ1) is 15.8. The fraction of sp³-hybridized carbons (Fsp3) is 0.588. The highest BCUT2D eigenvalue weighted by Gasteiger charge is 2.21. The van der Waals surface area contributed by atoms with Gasteiger partial charge in [0.2, 0.25) is 5.91 Å². The summed E-state index contributed by atoms with van der Waals surface area (Å²) in [6.07, 6.45) is 4.82. The first-order valence-electron chi connectivity index (χ1n) is 7.93. The van der Waals surface area contributed by atoms with Crippen LogP contribution in [0.25, 0.3) is 0 Å². The predicted octanol–water partition coefficient (Wildman–Crippen LogP) is 2.97. The normalized spacial score (nSPS) is 18.4. The minimum absolute atomic E-state index is 0.0960. The quantitative estimate of drug-likeness (QED) is 0.819. The molecule has 1 aromatic carbocycles. The maximum absolute atomic E-state index is 12.5. The fourth-order valence-corrected chi connectivity index (χ4v) is 2.74. The van der Waals surface area contributed by atoms with Crippen molar-refractivity contribution < 1.29 is 9.53 Å². The van der Waals surface area contributed by atoms with Gasteiger partial charge in [0.1, 0.15) is 0 Å². The third-order valence-corrected chi connectivity index (χ3v) is 3.94. The number of ether oxygens (including phenoxy) is 1. The molecule has 1 fully saturated rings. The van der Waals surface area contributed by atoms with Crippen LogP contribution in [0.3, 0.4) is 0 Å². The van der Waals surface area contributed by atoms with Crippen LogP contribution in [0.4, 0.5) is 5.69 Å². The SMILES string of the molecule is CCCN(Cc1ccccc1N)C(=O)CC1CCCCO1. The first-order chi connectivity index (χ1) is 10.2. The molecule has 0 saturated carbocycles. The van der Waals surface area contributed by atoms with E-state index in [1.165, 1.54) is 0 Å². The van der Waals surface area contributed by atoms with Crippen molar-refractivity contribution in [3.63, 3.8) is 0 Å². The van der Waals surface area contributed by atoms with Crippen LogP contribution in [0.1, 0.15) is 44.6 Å². The number of anilines is 1. The number of hydrogen-bond acceptors (Lipinski definition) is 3. The summed E-state index contributed by atoms with van der Waals surface area (Å²) in [5, 5.41) is 0. The van der Waals surface area contributed by atoms with Crippen molar-refractivity contribution in [3.8, 4) is 0 Å². The topological polar surface area (TPSA) is 55.6 Å². The number of rotatable bonds is 6. The number of carbonyl (C=O) groups is 1. The van der Waals surface area contributed by atoms with Crippen molar-refractivity contribution in [2.24, 2.45) is 0 Å². The zero-order valence-electron chi connectivity index (χ0n) is 12.9. The van der Waals surface area contributed by atoms with Gasteiger partial charge >= 0.3 is 0 Å². The van der Waals surface area contributed by atoms with E-state index in [4.69, 9.17) is 10.5 Å². The lowest BCUT2D eigenvalue weighted by atomic mass is 10.1. The zero-order chi connectivity index (χ0) is 15.1. The molecule has 0 aliphatic carbocycles. The number of amides is 1. The van der Waals surface area contributed by atoms with Gasteiger partial charge in [-0.15, -0.1) is 0 Å². The molecule has 1 unspecified atom stereocenters. The molecule has 2 rings (SSSR count). The summed E-state index contributed by atoms with van der Waals surface area (Å²) in [5.74, 6) is 0.173. The molecular formula is C17H26N2O2. The van der Waals surface area contributed by atoms with E-state index in [1.807, 2.05) is 29.2 Å². The molecule has 1 amide bonds. The maximum Gasteiger partial charge on any atom is 0.225 e. The lowest BCUT2D eigenvalue weighted by molar-refractivity contribution is -0.135. The van der Waals surface area contributed by atoms with Crippen molar-refractivity contribution >= 4 is 11.6 Å². The number of hydrogen-bond donors (Lipinski definition) is 1. The largest absolute Gasteiger partial charge is 0.398 e. The Balaban J connectivity index is 1.97. The molecule has 0 radical (unpaired) electrons. The molecule has 0 bridgehead atoms. The second-order valence-electron chi connectivity index (χ2n) is 5.71. The highest BCUT2D eigenvalue weighted by atomic mass is 16.5. The van der Waals surface area contributed by atoms with Crippen molar-refractivity contribution in [2.45, 2.75) is 51.7 Å². The van der Waals surface area contributed by atoms with E-state index in [2.05, 4.69) is 6.92 Å². The van der Waals surface area contributed by atoms with Crippen LogP contribution in [0.5, 0.6) is 0 Å². The van der Waals surface area contributed by atoms with Crippen molar-refractivity contribution in [3.05, 3.63) is 29.8 Å². The third-order valence-electron chi connectivity index (χ3n) is 3.94. The van der Waals surface area contributed by atoms with Gasteiger partial charge in [-0.25, -0.2) is 0 Å². The van der Waals surface area contributed by atoms with Crippen LogP contribution in [0, 0.1) is 0 Å². The van der Waals surface area contributed by atoms with E-state index >= 15 is 0 Å². The lowest BCUT2D eigenvalue weighted by Crippen LogP contribution is -2.35. The van der Waals surface area contributed by atoms with Crippen LogP contribution in [-0.2, 0) is 16.1 Å². The standard InChI is InChI=1S/C17H26N2O2/c1-2-10-19(13-14-7-3-4-9-16(14)18)17(20)12-15-8-5-6-11-21-15/h3-4,7,9,15H,2,5-6,8,10-13,18H2,1H3. The Labute approximate surface area is 127 Å². The van der Waals surface area contributed by atoms with Gasteiger partial charge in [0, 0.05) is 25.4 Å². The van der Waals surface area contributed by atoms with Gasteiger partial charge in [-0.3, -0.25) is 4.79 Å². The van der Waals surface area contributed by atoms with Gasteiger partial charge in [-0.2, -0.15) is 0 Å². The molecule has 4 heteroatoms. The minimum Gasteiger partial charge on any atom is -0.398 e. The van der Waals surface area contributed by atoms with E-state index in [-0.39, 0.29) is 12.0 Å². The summed E-state index contributed by atoms with van der Waals surface area (Å²) < 4.78 is 5.68. The maximum atomic E-state index is 12.5. The van der Waals surface area contributed by atoms with Crippen LogP contribution in [0.2, 0.25) is 0 Å². The Morgan fingerprint density at radius 2 is 2.19 bits per heavy atom. The Bertz CT molecular complexity index is 456. The molecule has 116 valence electrons. The summed E-state index contributed by atoms with van der Waals surface area (Å²) >= 11 is 0. The molecule has 1 heterocycles. The number of para-hydroxylation sites is 1. The van der Waals surface area contributed by atoms with Gasteiger partial charge in [-0.05, 0) is 37.3 Å². The summed E-state index contributed by atoms with van der Waals surface area (Å²) in [4.78, 5) is 14.4. The molecule has 1 aliphatic heterocycles. The Morgan fingerprint density at radius 1 is 1.38 bits per heavy atom. The smallest absolute Gasteiger partial charge is 0.225 e. The summed E-state index contributed by atoms with van der Waals surface area (Å²) in [7, 11) is 0. The predicted molar refractivity (Wildman–Crippen MR) is 84.8 cm³/mol. The van der Waals surface area contributed by atoms with Crippen molar-refractivity contribution in [1.29, 1.82) is 0 Å². The van der Waals surface area contributed by atoms with Gasteiger partial charge in [-0.1, -0.05) is 25.1 Å². The average Bonchev–Trinajstić information content (AvgIpc) is 2.50. The van der Waals surface area contributed by atoms with Crippen LogP contribution in [0.15, 0.2) is 24.3 Å². The van der Waals surface area contributed by atoms with Gasteiger partial charge in [0.05, 0.1) is 12.5 Å². The summed E-state index contributed by atoms with van der Waals surface area (Å²) in [6, 6.07) is 7.75. The van der Waals surface area contributed by atoms with Crippen LogP contribution >= 0.6 is 0 Å². The highest BCUT2D eigenvalue weighted by molar-refractivity contribution is 5.77. The Morgan fingerprint density at radius 3 is 2.86 bits per heavy atom. The second kappa shape index (κ2) is 8.03. The molecule has 0 spiro atoms. The Hall–Kier alpha value is -1.55. The van der Waals surface area contributed by atoms with Crippen molar-refractivity contribution in [2.75, 3.05) is 18.9 Å². The Kier molecular flexibility index (Phi) is 6.05. The molecule has 21 heavy (non-hydrogen) atoms. The molecule has 2 N–H and O–H groups in total. The van der Waals surface area contributed by atoms with Crippen LogP contribution in [-0.4, -0.2) is 30.1 Å². The number of benzene rings is 1. The number of carbonyl (C=O) groups excluding carboxylic acids is 1. The third kappa shape index (κ3) is 4.74. The molecule has 1 atom stereocenters. The zero-order valence-corrected chi connectivity index (χ0v) is 12.9. The van der Waals surface area contributed by atoms with E-state index < -0.39 is 0 Å². The molecule has 4 nitrogen and oxygen atoms in total. The van der Waals surface area contributed by atoms with Crippen molar-refractivity contribution in [1.82, 2.24) is 4.90 Å². The summed E-state index contributed by atoms with van der Waals surface area (Å²) in [6.45, 7) is 4.23. The van der Waals surface area contributed by atoms with E-state index in [0.717, 1.165) is 50.1 Å². The minimum atomic E-state index is 0.0960. The molecule has 1 saturated heterocycles. The van der Waals surface area contributed by atoms with E-state index in [0.29, 0.717) is 13.0 Å². The number of nitrogens with zero attached hydrogens (tertiary/aromatic N) is 1. The van der Waals surface area contributed by atoms with Gasteiger partial charge in [0.25, 0.3) is 0 Å². The van der Waals surface area contributed by atoms with E-state index in [1.54, 1.807) is 0 Å². The van der Waals surface area contributed by atoms with Gasteiger partial charge in [0.15, 0.2) is 0 Å². The summed E-state index contributed by atoms with van der Waals surface area (Å²) in [5.41, 5.74) is 7.75. The lowest BCUT2D eigenvalue weighted by Gasteiger charge is -2.27. The highest BCUT2D eigenvalue weighted by Crippen LogP contribution is 2.19. The molecular weight excluding hydrogens is 264 g/mol. The molecule has 0 aromatic heterocycles. The average molecular weight is 290 g/mol.